The number of aryl methyl sites for hydroxylation is 1. The molecule has 1 unspecified atom stereocenters. The van der Waals surface area contributed by atoms with Gasteiger partial charge in [0.25, 0.3) is 0 Å². The van der Waals surface area contributed by atoms with Crippen LogP contribution in [0.25, 0.3) is 10.9 Å². The van der Waals surface area contributed by atoms with E-state index in [1.165, 1.54) is 10.9 Å². The molecule has 3 heteroatoms. The first kappa shape index (κ1) is 10.7. The highest BCUT2D eigenvalue weighted by Crippen LogP contribution is 2.20. The summed E-state index contributed by atoms with van der Waals surface area (Å²) in [5, 5.41) is 10.1. The van der Waals surface area contributed by atoms with Crippen LogP contribution in [0.4, 0.5) is 0 Å². The number of aliphatic carboxylic acids is 1. The minimum absolute atomic E-state index is 0.339. The molecule has 0 saturated heterocycles. The van der Waals surface area contributed by atoms with Crippen molar-refractivity contribution in [1.82, 2.24) is 4.98 Å². The summed E-state index contributed by atoms with van der Waals surface area (Å²) < 4.78 is 0. The maximum atomic E-state index is 10.8. The molecule has 1 atom stereocenters. The van der Waals surface area contributed by atoms with Crippen molar-refractivity contribution in [2.75, 3.05) is 0 Å². The molecule has 16 heavy (non-hydrogen) atoms. The lowest BCUT2D eigenvalue weighted by atomic mass is 10.00. The van der Waals surface area contributed by atoms with Crippen molar-refractivity contribution in [3.8, 4) is 0 Å². The molecular formula is C13H15NO2. The molecule has 84 valence electrons. The van der Waals surface area contributed by atoms with Crippen LogP contribution in [-0.2, 0) is 11.2 Å². The lowest BCUT2D eigenvalue weighted by Crippen LogP contribution is -2.12. The Morgan fingerprint density at radius 3 is 2.94 bits per heavy atom. The highest BCUT2D eigenvalue weighted by Gasteiger charge is 2.12. The smallest absolute Gasteiger partial charge is 0.306 e. The fraction of sp³-hybridized carbons (Fsp3) is 0.308. The first-order valence-electron chi connectivity index (χ1n) is 5.37. The Labute approximate surface area is 94.1 Å². The third-order valence-corrected chi connectivity index (χ3v) is 2.92. The van der Waals surface area contributed by atoms with Crippen LogP contribution in [0.3, 0.4) is 0 Å². The Kier molecular flexibility index (Phi) is 2.69. The van der Waals surface area contributed by atoms with E-state index in [-0.39, 0.29) is 5.92 Å². The van der Waals surface area contributed by atoms with Crippen molar-refractivity contribution in [3.63, 3.8) is 0 Å². The van der Waals surface area contributed by atoms with Crippen molar-refractivity contribution in [2.45, 2.75) is 20.3 Å². The zero-order valence-electron chi connectivity index (χ0n) is 9.45. The number of carboxylic acid groups (broad SMARTS) is 1. The number of hydrogen-bond acceptors (Lipinski definition) is 1. The molecule has 0 radical (unpaired) electrons. The number of rotatable bonds is 3. The van der Waals surface area contributed by atoms with Crippen molar-refractivity contribution < 1.29 is 9.90 Å². The third kappa shape index (κ3) is 1.94. The van der Waals surface area contributed by atoms with Gasteiger partial charge in [0, 0.05) is 17.1 Å². The summed E-state index contributed by atoms with van der Waals surface area (Å²) in [5.41, 5.74) is 3.35. The lowest BCUT2D eigenvalue weighted by molar-refractivity contribution is -0.141. The lowest BCUT2D eigenvalue weighted by Gasteiger charge is -2.06. The Hall–Kier alpha value is -1.77. The van der Waals surface area contributed by atoms with Crippen molar-refractivity contribution in [3.05, 3.63) is 35.5 Å². The average molecular weight is 217 g/mol. The van der Waals surface area contributed by atoms with Gasteiger partial charge in [-0.1, -0.05) is 19.1 Å². The van der Waals surface area contributed by atoms with E-state index in [9.17, 15) is 4.79 Å². The molecule has 1 heterocycles. The van der Waals surface area contributed by atoms with E-state index in [0.29, 0.717) is 6.42 Å². The van der Waals surface area contributed by atoms with Gasteiger partial charge < -0.3 is 10.1 Å². The van der Waals surface area contributed by atoms with Gasteiger partial charge in [0.1, 0.15) is 0 Å². The summed E-state index contributed by atoms with van der Waals surface area (Å²) in [7, 11) is 0. The number of fused-ring (bicyclic) bond motifs is 1. The van der Waals surface area contributed by atoms with Gasteiger partial charge in [-0.3, -0.25) is 4.79 Å². The van der Waals surface area contributed by atoms with Crippen molar-refractivity contribution in [1.29, 1.82) is 0 Å². The average Bonchev–Trinajstić information content (AvgIpc) is 2.60. The predicted octanol–water partition coefficient (Wildman–Crippen LogP) is 2.74. The number of nitrogens with one attached hydrogen (secondary N) is 1. The molecular weight excluding hydrogens is 202 g/mol. The summed E-state index contributed by atoms with van der Waals surface area (Å²) >= 11 is 0. The minimum Gasteiger partial charge on any atom is -0.481 e. The molecule has 0 spiro atoms. The fourth-order valence-electron chi connectivity index (χ4n) is 1.89. The third-order valence-electron chi connectivity index (χ3n) is 2.92. The summed E-state index contributed by atoms with van der Waals surface area (Å²) in [6.07, 6.45) is 2.54. The zero-order valence-corrected chi connectivity index (χ0v) is 9.45. The number of benzene rings is 1. The van der Waals surface area contributed by atoms with Gasteiger partial charge in [-0.05, 0) is 30.5 Å². The van der Waals surface area contributed by atoms with E-state index in [4.69, 9.17) is 5.11 Å². The van der Waals surface area contributed by atoms with E-state index < -0.39 is 5.97 Å². The van der Waals surface area contributed by atoms with Crippen molar-refractivity contribution in [2.24, 2.45) is 5.92 Å². The predicted molar refractivity (Wildman–Crippen MR) is 63.5 cm³/mol. The second-order valence-corrected chi connectivity index (χ2v) is 4.30. The first-order valence-corrected chi connectivity index (χ1v) is 5.37. The molecule has 0 aliphatic rings. The topological polar surface area (TPSA) is 53.1 Å². The van der Waals surface area contributed by atoms with Crippen LogP contribution >= 0.6 is 0 Å². The van der Waals surface area contributed by atoms with Gasteiger partial charge in [-0.25, -0.2) is 0 Å². The van der Waals surface area contributed by atoms with Gasteiger partial charge in [0.15, 0.2) is 0 Å². The Balaban J connectivity index is 2.29. The number of carboxylic acids is 1. The molecule has 2 aromatic rings. The van der Waals surface area contributed by atoms with Crippen LogP contribution in [0.2, 0.25) is 0 Å². The Morgan fingerprint density at radius 1 is 1.50 bits per heavy atom. The van der Waals surface area contributed by atoms with Crippen LogP contribution in [0.5, 0.6) is 0 Å². The van der Waals surface area contributed by atoms with Crippen molar-refractivity contribution >= 4 is 16.9 Å². The molecule has 1 aromatic heterocycles. The minimum atomic E-state index is -0.747. The molecule has 3 nitrogen and oxygen atoms in total. The van der Waals surface area contributed by atoms with Gasteiger partial charge in [0.05, 0.1) is 5.92 Å². The monoisotopic (exact) mass is 217 g/mol. The van der Waals surface area contributed by atoms with Crippen LogP contribution in [0, 0.1) is 12.8 Å². The van der Waals surface area contributed by atoms with E-state index >= 15 is 0 Å². The number of H-pyrrole nitrogens is 1. The summed E-state index contributed by atoms with van der Waals surface area (Å²) in [4.78, 5) is 13.9. The maximum absolute atomic E-state index is 10.8. The van der Waals surface area contributed by atoms with Crippen LogP contribution < -0.4 is 0 Å². The normalized spacial score (nSPS) is 12.9. The van der Waals surface area contributed by atoms with E-state index in [2.05, 4.69) is 11.9 Å². The van der Waals surface area contributed by atoms with E-state index in [0.717, 1.165) is 11.1 Å². The van der Waals surface area contributed by atoms with Gasteiger partial charge in [-0.2, -0.15) is 0 Å². The molecule has 0 aliphatic carbocycles. The zero-order chi connectivity index (χ0) is 11.7. The molecule has 0 fully saturated rings. The molecule has 0 bridgehead atoms. The van der Waals surface area contributed by atoms with Crippen LogP contribution in [0.15, 0.2) is 24.4 Å². The summed E-state index contributed by atoms with van der Waals surface area (Å²) in [5.74, 6) is -1.09. The molecule has 2 N–H and O–H groups in total. The van der Waals surface area contributed by atoms with Crippen LogP contribution in [-0.4, -0.2) is 16.1 Å². The van der Waals surface area contributed by atoms with Gasteiger partial charge >= 0.3 is 5.97 Å². The second-order valence-electron chi connectivity index (χ2n) is 4.30. The molecule has 1 aromatic carbocycles. The standard InChI is InChI=1S/C13H15NO2/c1-8(13(15)16)5-10-3-4-11-9(2)7-14-12(11)6-10/h3-4,6-8,14H,5H2,1-2H3,(H,15,16). The Morgan fingerprint density at radius 2 is 2.25 bits per heavy atom. The number of carbonyl (C=O) groups is 1. The Bertz CT molecular complexity index is 528. The number of aromatic nitrogens is 1. The quantitative estimate of drug-likeness (QED) is 0.830. The highest BCUT2D eigenvalue weighted by molar-refractivity contribution is 5.83. The van der Waals surface area contributed by atoms with E-state index in [1.807, 2.05) is 24.4 Å². The van der Waals surface area contributed by atoms with E-state index in [1.54, 1.807) is 6.92 Å². The SMILES string of the molecule is Cc1c[nH]c2cc(CC(C)C(=O)O)ccc12. The highest BCUT2D eigenvalue weighted by atomic mass is 16.4. The molecule has 2 rings (SSSR count). The first-order chi connectivity index (χ1) is 7.58. The largest absolute Gasteiger partial charge is 0.481 e. The molecule has 0 amide bonds. The molecule has 0 aliphatic heterocycles. The fourth-order valence-corrected chi connectivity index (χ4v) is 1.89. The van der Waals surface area contributed by atoms with Gasteiger partial charge in [-0.15, -0.1) is 0 Å². The van der Waals surface area contributed by atoms with Gasteiger partial charge in [0.2, 0.25) is 0 Å². The second kappa shape index (κ2) is 4.00. The van der Waals surface area contributed by atoms with Crippen LogP contribution in [0.1, 0.15) is 18.1 Å². The molecule has 0 saturated carbocycles. The summed E-state index contributed by atoms with van der Waals surface area (Å²) in [6.45, 7) is 3.78. The summed E-state index contributed by atoms with van der Waals surface area (Å²) in [6, 6.07) is 6.08. The number of aromatic amines is 1. The maximum Gasteiger partial charge on any atom is 0.306 e. The number of hydrogen-bond donors (Lipinski definition) is 2.